The molecule has 1 aliphatic rings. The summed E-state index contributed by atoms with van der Waals surface area (Å²) in [6.45, 7) is 2.35. The number of nitrogens with zero attached hydrogens (tertiary/aromatic N) is 2. The highest BCUT2D eigenvalue weighted by molar-refractivity contribution is 8.30. The van der Waals surface area contributed by atoms with Crippen molar-refractivity contribution in [3.05, 3.63) is 22.6 Å². The van der Waals surface area contributed by atoms with Crippen molar-refractivity contribution in [3.63, 3.8) is 0 Å². The zero-order valence-electron chi connectivity index (χ0n) is 8.98. The number of hydrogen-bond acceptors (Lipinski definition) is 6. The lowest BCUT2D eigenvalue weighted by Crippen LogP contribution is -2.35. The third kappa shape index (κ3) is 2.81. The van der Waals surface area contributed by atoms with E-state index in [4.69, 9.17) is 26.9 Å². The SMILES string of the molecule is CCOC=C1N=C(N)NC(S(C)=S)=C1C#N. The highest BCUT2D eigenvalue weighted by Crippen LogP contribution is 2.19. The fraction of sp³-hybridized carbons (Fsp3) is 0.333. The molecule has 1 unspecified atom stereocenters. The summed E-state index contributed by atoms with van der Waals surface area (Å²) in [5.41, 5.74) is 6.41. The average molecular weight is 256 g/mol. The molecule has 0 fully saturated rings. The first-order valence-corrected chi connectivity index (χ1v) is 7.07. The lowest BCUT2D eigenvalue weighted by atomic mass is 10.2. The van der Waals surface area contributed by atoms with Crippen molar-refractivity contribution < 1.29 is 4.74 Å². The first-order chi connectivity index (χ1) is 7.60. The van der Waals surface area contributed by atoms with Crippen LogP contribution in [0.1, 0.15) is 6.92 Å². The molecule has 5 nitrogen and oxygen atoms in total. The molecule has 0 saturated heterocycles. The molecule has 0 amide bonds. The number of nitrogens with two attached hydrogens (primary N) is 1. The Bertz CT molecular complexity index is 445. The molecule has 1 aliphatic heterocycles. The number of nitriles is 1. The summed E-state index contributed by atoms with van der Waals surface area (Å²) in [7, 11) is -0.507. The highest BCUT2D eigenvalue weighted by atomic mass is 32.8. The fourth-order valence-electron chi connectivity index (χ4n) is 1.08. The van der Waals surface area contributed by atoms with Crippen LogP contribution in [-0.2, 0) is 25.4 Å². The Hall–Kier alpha value is -1.39. The van der Waals surface area contributed by atoms with Gasteiger partial charge in [-0.1, -0.05) is 9.45 Å². The van der Waals surface area contributed by atoms with Crippen LogP contribution in [-0.4, -0.2) is 18.8 Å². The summed E-state index contributed by atoms with van der Waals surface area (Å²) in [5.74, 6) is 0.226. The zero-order chi connectivity index (χ0) is 12.1. The number of allylic oxidation sites excluding steroid dienone is 1. The number of aliphatic imine (C=N–C) groups is 1. The maximum absolute atomic E-state index is 9.07. The molecule has 1 heterocycles. The molecule has 0 aromatic carbocycles. The summed E-state index contributed by atoms with van der Waals surface area (Å²) in [6.07, 6.45) is 3.25. The third-order valence-corrected chi connectivity index (χ3v) is 3.11. The van der Waals surface area contributed by atoms with Gasteiger partial charge < -0.3 is 15.8 Å². The van der Waals surface area contributed by atoms with E-state index in [9.17, 15) is 0 Å². The molecule has 7 heteroatoms. The van der Waals surface area contributed by atoms with E-state index in [1.807, 2.05) is 13.2 Å². The molecule has 86 valence electrons. The van der Waals surface area contributed by atoms with Crippen LogP contribution in [0.3, 0.4) is 0 Å². The van der Waals surface area contributed by atoms with Gasteiger partial charge in [0.25, 0.3) is 0 Å². The van der Waals surface area contributed by atoms with Crippen LogP contribution < -0.4 is 11.1 Å². The highest BCUT2D eigenvalue weighted by Gasteiger charge is 2.19. The quantitative estimate of drug-likeness (QED) is 0.706. The summed E-state index contributed by atoms with van der Waals surface area (Å²) in [4.78, 5) is 4.00. The normalized spacial score (nSPS) is 19.8. The van der Waals surface area contributed by atoms with Crippen molar-refractivity contribution >= 4 is 26.6 Å². The Labute approximate surface area is 101 Å². The second kappa shape index (κ2) is 5.63. The molecule has 0 bridgehead atoms. The van der Waals surface area contributed by atoms with E-state index in [-0.39, 0.29) is 5.96 Å². The number of hydrogen-bond donors (Lipinski definition) is 2. The van der Waals surface area contributed by atoms with E-state index >= 15 is 0 Å². The van der Waals surface area contributed by atoms with Crippen molar-refractivity contribution in [1.29, 1.82) is 5.26 Å². The number of nitrogens with one attached hydrogen (secondary N) is 1. The Morgan fingerprint density at radius 2 is 2.44 bits per heavy atom. The molecule has 1 rings (SSSR count). The molecule has 3 N–H and O–H groups in total. The van der Waals surface area contributed by atoms with E-state index in [1.165, 1.54) is 6.26 Å². The molecule has 0 aromatic heterocycles. The molecular formula is C9H12N4OS2. The predicted molar refractivity (Wildman–Crippen MR) is 67.8 cm³/mol. The Balaban J connectivity index is 3.20. The predicted octanol–water partition coefficient (Wildman–Crippen LogP) is 0.227. The van der Waals surface area contributed by atoms with Crippen LogP contribution in [0.15, 0.2) is 27.6 Å². The monoisotopic (exact) mass is 256 g/mol. The van der Waals surface area contributed by atoms with Gasteiger partial charge in [0.05, 0.1) is 11.6 Å². The van der Waals surface area contributed by atoms with Crippen LogP contribution in [0.5, 0.6) is 0 Å². The molecule has 0 saturated carbocycles. The van der Waals surface area contributed by atoms with Gasteiger partial charge >= 0.3 is 0 Å². The van der Waals surface area contributed by atoms with E-state index in [2.05, 4.69) is 16.4 Å². The summed E-state index contributed by atoms with van der Waals surface area (Å²) in [5, 5.41) is 12.5. The molecular weight excluding hydrogens is 244 g/mol. The molecule has 0 aliphatic carbocycles. The van der Waals surface area contributed by atoms with E-state index in [1.54, 1.807) is 0 Å². The third-order valence-electron chi connectivity index (χ3n) is 1.73. The van der Waals surface area contributed by atoms with Gasteiger partial charge in [-0.15, -0.1) is 0 Å². The fourth-order valence-corrected chi connectivity index (χ4v) is 2.14. The minimum absolute atomic E-state index is 0.226. The number of guanidine groups is 1. The second-order valence-corrected chi connectivity index (χ2v) is 5.67. The van der Waals surface area contributed by atoms with Gasteiger partial charge in [0.15, 0.2) is 5.96 Å². The van der Waals surface area contributed by atoms with Gasteiger partial charge in [-0.25, -0.2) is 4.99 Å². The molecule has 0 spiro atoms. The van der Waals surface area contributed by atoms with Crippen molar-refractivity contribution in [1.82, 2.24) is 5.32 Å². The molecule has 0 radical (unpaired) electrons. The van der Waals surface area contributed by atoms with E-state index in [0.29, 0.717) is 22.9 Å². The topological polar surface area (TPSA) is 83.4 Å². The Morgan fingerprint density at radius 3 is 2.94 bits per heavy atom. The van der Waals surface area contributed by atoms with Gasteiger partial charge in [0, 0.05) is 0 Å². The number of rotatable bonds is 3. The first-order valence-electron chi connectivity index (χ1n) is 4.51. The van der Waals surface area contributed by atoms with Crippen molar-refractivity contribution in [2.75, 3.05) is 12.9 Å². The van der Waals surface area contributed by atoms with Crippen LogP contribution in [0.25, 0.3) is 0 Å². The van der Waals surface area contributed by atoms with Crippen molar-refractivity contribution in [2.45, 2.75) is 6.92 Å². The Morgan fingerprint density at radius 1 is 1.75 bits per heavy atom. The first kappa shape index (κ1) is 12.7. The van der Waals surface area contributed by atoms with E-state index < -0.39 is 9.45 Å². The van der Waals surface area contributed by atoms with Crippen LogP contribution in [0.4, 0.5) is 0 Å². The summed E-state index contributed by atoms with van der Waals surface area (Å²) < 4.78 is 5.11. The molecule has 0 aromatic rings. The molecule has 16 heavy (non-hydrogen) atoms. The van der Waals surface area contributed by atoms with Crippen LogP contribution in [0.2, 0.25) is 0 Å². The van der Waals surface area contributed by atoms with Gasteiger partial charge in [-0.3, -0.25) is 0 Å². The van der Waals surface area contributed by atoms with Crippen molar-refractivity contribution in [2.24, 2.45) is 10.7 Å². The van der Waals surface area contributed by atoms with E-state index in [0.717, 1.165) is 0 Å². The average Bonchev–Trinajstić information content (AvgIpc) is 2.25. The molecule has 1 atom stereocenters. The minimum atomic E-state index is -0.507. The maximum Gasteiger partial charge on any atom is 0.198 e. The largest absolute Gasteiger partial charge is 0.499 e. The lowest BCUT2D eigenvalue weighted by molar-refractivity contribution is 0.266. The van der Waals surface area contributed by atoms with Gasteiger partial charge in [-0.05, 0) is 24.4 Å². The lowest BCUT2D eigenvalue weighted by Gasteiger charge is -2.17. The van der Waals surface area contributed by atoms with Crippen LogP contribution >= 0.6 is 0 Å². The smallest absolute Gasteiger partial charge is 0.198 e. The zero-order valence-corrected chi connectivity index (χ0v) is 10.6. The second-order valence-electron chi connectivity index (χ2n) is 2.85. The summed E-state index contributed by atoms with van der Waals surface area (Å²) in [6, 6.07) is 2.06. The maximum atomic E-state index is 9.07. The van der Waals surface area contributed by atoms with Crippen LogP contribution in [0, 0.1) is 11.3 Å². The van der Waals surface area contributed by atoms with Gasteiger partial charge in [0.1, 0.15) is 23.6 Å². The Kier molecular flexibility index (Phi) is 4.46. The summed E-state index contributed by atoms with van der Waals surface area (Å²) >= 11 is 5.14. The van der Waals surface area contributed by atoms with Crippen molar-refractivity contribution in [3.8, 4) is 6.07 Å². The number of ether oxygens (including phenoxy) is 1. The standard InChI is InChI=1S/C9H12N4OS2/c1-3-14-5-7-6(4-10)8(16(2)15)13-9(11)12-7/h5H,3H2,1-2H3,(H3,11,12,13). The van der Waals surface area contributed by atoms with Gasteiger partial charge in [0.2, 0.25) is 0 Å². The minimum Gasteiger partial charge on any atom is -0.499 e. The van der Waals surface area contributed by atoms with Gasteiger partial charge in [-0.2, -0.15) is 5.26 Å².